The molecule has 0 unspecified atom stereocenters. The van der Waals surface area contributed by atoms with E-state index in [9.17, 15) is 9.90 Å². The zero-order chi connectivity index (χ0) is 15.5. The molecular weight excluding hydrogens is 266 g/mol. The molecular formula is C16H23N3O2. The molecule has 21 heavy (non-hydrogen) atoms. The highest BCUT2D eigenvalue weighted by atomic mass is 16.4. The first-order chi connectivity index (χ1) is 10.0. The number of aryl methyl sites for hydroxylation is 1. The first kappa shape index (κ1) is 15.5. The van der Waals surface area contributed by atoms with Gasteiger partial charge >= 0.3 is 5.97 Å². The minimum atomic E-state index is -0.731. The summed E-state index contributed by atoms with van der Waals surface area (Å²) in [4.78, 5) is 16.1. The Labute approximate surface area is 125 Å². The molecule has 2 N–H and O–H groups in total. The number of carbonyl (C=O) groups is 1. The van der Waals surface area contributed by atoms with Gasteiger partial charge in [-0.15, -0.1) is 0 Å². The van der Waals surface area contributed by atoms with Gasteiger partial charge in [-0.1, -0.05) is 26.0 Å². The average molecular weight is 289 g/mol. The van der Waals surface area contributed by atoms with Gasteiger partial charge in [0, 0.05) is 13.6 Å². The lowest BCUT2D eigenvalue weighted by Crippen LogP contribution is -2.40. The van der Waals surface area contributed by atoms with Crippen LogP contribution in [-0.2, 0) is 18.4 Å². The Morgan fingerprint density at radius 2 is 2.00 bits per heavy atom. The fraction of sp³-hybridized carbons (Fsp3) is 0.500. The van der Waals surface area contributed by atoms with Gasteiger partial charge < -0.3 is 15.0 Å². The van der Waals surface area contributed by atoms with Crippen LogP contribution in [0.15, 0.2) is 24.3 Å². The number of imidazole rings is 1. The number of carboxylic acid groups (broad SMARTS) is 1. The van der Waals surface area contributed by atoms with Gasteiger partial charge in [-0.25, -0.2) is 4.98 Å². The average Bonchev–Trinajstić information content (AvgIpc) is 2.81. The fourth-order valence-corrected chi connectivity index (χ4v) is 2.65. The van der Waals surface area contributed by atoms with Gasteiger partial charge in [0.15, 0.2) is 0 Å². The standard InChI is InChI=1S/C16H23N3O2/c1-4-16(5-2,15(20)21)11-17-10-14-18-12-8-6-7-9-13(12)19(14)3/h6-9,17H,4-5,10-11H2,1-3H3,(H,20,21). The highest BCUT2D eigenvalue weighted by Gasteiger charge is 2.34. The molecule has 0 fully saturated rings. The van der Waals surface area contributed by atoms with Gasteiger partial charge in [-0.05, 0) is 25.0 Å². The number of nitrogens with one attached hydrogen (secondary N) is 1. The number of rotatable bonds is 7. The van der Waals surface area contributed by atoms with E-state index in [1.807, 2.05) is 49.7 Å². The lowest BCUT2D eigenvalue weighted by molar-refractivity contribution is -0.149. The lowest BCUT2D eigenvalue weighted by Gasteiger charge is -2.26. The number of carboxylic acids is 1. The van der Waals surface area contributed by atoms with Crippen LogP contribution < -0.4 is 5.32 Å². The zero-order valence-electron chi connectivity index (χ0n) is 12.9. The number of hydrogen-bond acceptors (Lipinski definition) is 3. The molecule has 0 saturated heterocycles. The third-order valence-corrected chi connectivity index (χ3v) is 4.43. The molecule has 2 aromatic rings. The quantitative estimate of drug-likeness (QED) is 0.822. The summed E-state index contributed by atoms with van der Waals surface area (Å²) in [7, 11) is 1.98. The van der Waals surface area contributed by atoms with E-state index in [2.05, 4.69) is 10.3 Å². The first-order valence-corrected chi connectivity index (χ1v) is 7.38. The van der Waals surface area contributed by atoms with Crippen LogP contribution in [0.4, 0.5) is 0 Å². The van der Waals surface area contributed by atoms with E-state index in [-0.39, 0.29) is 0 Å². The minimum Gasteiger partial charge on any atom is -0.481 e. The van der Waals surface area contributed by atoms with Gasteiger partial charge in [-0.2, -0.15) is 0 Å². The highest BCUT2D eigenvalue weighted by molar-refractivity contribution is 5.76. The summed E-state index contributed by atoms with van der Waals surface area (Å²) in [6.07, 6.45) is 1.24. The molecule has 0 amide bonds. The summed E-state index contributed by atoms with van der Waals surface area (Å²) in [5.41, 5.74) is 1.36. The summed E-state index contributed by atoms with van der Waals surface area (Å²) < 4.78 is 2.04. The molecule has 0 spiro atoms. The predicted octanol–water partition coefficient (Wildman–Crippen LogP) is 2.55. The van der Waals surface area contributed by atoms with Crippen LogP contribution in [0.5, 0.6) is 0 Å². The van der Waals surface area contributed by atoms with E-state index < -0.39 is 11.4 Å². The number of aromatic nitrogens is 2. The molecule has 1 aromatic carbocycles. The van der Waals surface area contributed by atoms with Crippen molar-refractivity contribution in [3.8, 4) is 0 Å². The van der Waals surface area contributed by atoms with E-state index >= 15 is 0 Å². The summed E-state index contributed by atoms with van der Waals surface area (Å²) in [5, 5.41) is 12.7. The van der Waals surface area contributed by atoms with Crippen molar-refractivity contribution in [2.24, 2.45) is 12.5 Å². The van der Waals surface area contributed by atoms with Crippen molar-refractivity contribution in [3.63, 3.8) is 0 Å². The number of para-hydroxylation sites is 2. The SMILES string of the molecule is CCC(CC)(CNCc1nc2ccccc2n1C)C(=O)O. The molecule has 0 aliphatic carbocycles. The Hall–Kier alpha value is -1.88. The molecule has 2 rings (SSSR count). The molecule has 5 nitrogen and oxygen atoms in total. The first-order valence-electron chi connectivity index (χ1n) is 7.38. The maximum absolute atomic E-state index is 11.5. The second-order valence-electron chi connectivity index (χ2n) is 5.47. The van der Waals surface area contributed by atoms with Crippen molar-refractivity contribution in [2.75, 3.05) is 6.54 Å². The number of nitrogens with zero attached hydrogens (tertiary/aromatic N) is 2. The Kier molecular flexibility index (Phi) is 4.63. The minimum absolute atomic E-state index is 0.457. The number of aliphatic carboxylic acids is 1. The van der Waals surface area contributed by atoms with Crippen molar-refractivity contribution >= 4 is 17.0 Å². The number of hydrogen-bond donors (Lipinski definition) is 2. The second-order valence-corrected chi connectivity index (χ2v) is 5.47. The maximum Gasteiger partial charge on any atom is 0.310 e. The van der Waals surface area contributed by atoms with Crippen molar-refractivity contribution in [2.45, 2.75) is 33.2 Å². The van der Waals surface area contributed by atoms with Crippen molar-refractivity contribution in [1.29, 1.82) is 0 Å². The molecule has 0 bridgehead atoms. The summed E-state index contributed by atoms with van der Waals surface area (Å²) in [6, 6.07) is 7.98. The van der Waals surface area contributed by atoms with E-state index in [1.165, 1.54) is 0 Å². The Morgan fingerprint density at radius 1 is 1.33 bits per heavy atom. The molecule has 1 aromatic heterocycles. The Morgan fingerprint density at radius 3 is 2.57 bits per heavy atom. The van der Waals surface area contributed by atoms with Gasteiger partial charge in [-0.3, -0.25) is 4.79 Å². The zero-order valence-corrected chi connectivity index (χ0v) is 12.9. The van der Waals surface area contributed by atoms with Crippen LogP contribution in [0.3, 0.4) is 0 Å². The molecule has 0 radical (unpaired) electrons. The van der Waals surface area contributed by atoms with Crippen LogP contribution in [-0.4, -0.2) is 27.2 Å². The molecule has 1 heterocycles. The Bertz CT molecular complexity index is 629. The van der Waals surface area contributed by atoms with Crippen LogP contribution in [0.1, 0.15) is 32.5 Å². The monoisotopic (exact) mass is 289 g/mol. The largest absolute Gasteiger partial charge is 0.481 e. The molecule has 0 aliphatic heterocycles. The third kappa shape index (κ3) is 2.93. The molecule has 114 valence electrons. The number of benzene rings is 1. The van der Waals surface area contributed by atoms with Crippen LogP contribution in [0, 0.1) is 5.41 Å². The predicted molar refractivity (Wildman–Crippen MR) is 83.1 cm³/mol. The summed E-state index contributed by atoms with van der Waals surface area (Å²) >= 11 is 0. The number of fused-ring (bicyclic) bond motifs is 1. The smallest absolute Gasteiger partial charge is 0.310 e. The molecule has 0 saturated carbocycles. The van der Waals surface area contributed by atoms with E-state index in [0.717, 1.165) is 16.9 Å². The van der Waals surface area contributed by atoms with Crippen molar-refractivity contribution in [1.82, 2.24) is 14.9 Å². The van der Waals surface area contributed by atoms with Gasteiger partial charge in [0.2, 0.25) is 0 Å². The Balaban J connectivity index is 2.08. The van der Waals surface area contributed by atoms with Gasteiger partial charge in [0.05, 0.1) is 23.0 Å². The topological polar surface area (TPSA) is 67.2 Å². The van der Waals surface area contributed by atoms with Crippen LogP contribution in [0.2, 0.25) is 0 Å². The second kappa shape index (κ2) is 6.26. The highest BCUT2D eigenvalue weighted by Crippen LogP contribution is 2.25. The van der Waals surface area contributed by atoms with Gasteiger partial charge in [0.25, 0.3) is 0 Å². The normalized spacial score (nSPS) is 12.0. The lowest BCUT2D eigenvalue weighted by atomic mass is 9.82. The summed E-state index contributed by atoms with van der Waals surface area (Å²) in [6.45, 7) is 4.88. The van der Waals surface area contributed by atoms with Gasteiger partial charge in [0.1, 0.15) is 5.82 Å². The van der Waals surface area contributed by atoms with Crippen LogP contribution >= 0.6 is 0 Å². The third-order valence-electron chi connectivity index (χ3n) is 4.43. The molecule has 5 heteroatoms. The maximum atomic E-state index is 11.5. The van der Waals surface area contributed by atoms with E-state index in [1.54, 1.807) is 0 Å². The summed E-state index contributed by atoms with van der Waals surface area (Å²) in [5.74, 6) is 0.188. The fourth-order valence-electron chi connectivity index (χ4n) is 2.65. The van der Waals surface area contributed by atoms with E-state index in [0.29, 0.717) is 25.9 Å². The van der Waals surface area contributed by atoms with Crippen LogP contribution in [0.25, 0.3) is 11.0 Å². The van der Waals surface area contributed by atoms with Crippen molar-refractivity contribution < 1.29 is 9.90 Å². The van der Waals surface area contributed by atoms with E-state index in [4.69, 9.17) is 0 Å². The molecule has 0 atom stereocenters. The van der Waals surface area contributed by atoms with Crippen molar-refractivity contribution in [3.05, 3.63) is 30.1 Å². The molecule has 0 aliphatic rings.